The fraction of sp³-hybridized carbons (Fsp3) is 0.571. The Hall–Kier alpha value is -0.880. The lowest BCUT2D eigenvalue weighted by atomic mass is 10.5. The molecule has 0 saturated heterocycles. The summed E-state index contributed by atoms with van der Waals surface area (Å²) in [5.41, 5.74) is 0. The molecule has 0 spiro atoms. The first-order valence-corrected chi connectivity index (χ1v) is 5.56. The van der Waals surface area contributed by atoms with Crippen molar-refractivity contribution in [3.8, 4) is 0 Å². The van der Waals surface area contributed by atoms with Crippen LogP contribution in [0, 0.1) is 6.92 Å². The highest BCUT2D eigenvalue weighted by molar-refractivity contribution is 7.89. The van der Waals surface area contributed by atoms with Crippen LogP contribution in [0.25, 0.3) is 0 Å². The van der Waals surface area contributed by atoms with Gasteiger partial charge in [0, 0.05) is 12.7 Å². The quantitative estimate of drug-likeness (QED) is 0.764. The second-order valence-corrected chi connectivity index (χ2v) is 4.37. The van der Waals surface area contributed by atoms with Crippen molar-refractivity contribution >= 4 is 10.0 Å². The molecule has 1 heterocycles. The molecule has 0 fully saturated rings. The third-order valence-corrected chi connectivity index (χ3v) is 2.49. The summed E-state index contributed by atoms with van der Waals surface area (Å²) in [4.78, 5) is 3.85. The van der Waals surface area contributed by atoms with Crippen molar-refractivity contribution in [1.82, 2.24) is 9.55 Å². The monoisotopic (exact) mass is 203 g/mol. The van der Waals surface area contributed by atoms with Crippen LogP contribution in [-0.4, -0.2) is 18.0 Å². The molecule has 0 aliphatic heterocycles. The molecular weight excluding hydrogens is 190 g/mol. The van der Waals surface area contributed by atoms with Crippen LogP contribution in [0.2, 0.25) is 0 Å². The van der Waals surface area contributed by atoms with Gasteiger partial charge in [0.25, 0.3) is 10.0 Å². The second kappa shape index (κ2) is 3.47. The summed E-state index contributed by atoms with van der Waals surface area (Å²) in [6, 6.07) is 0. The Morgan fingerprint density at radius 2 is 2.23 bits per heavy atom. The molecule has 5 nitrogen and oxygen atoms in total. The molecule has 1 rings (SSSR count). The van der Waals surface area contributed by atoms with Gasteiger partial charge in [-0.3, -0.25) is 0 Å². The van der Waals surface area contributed by atoms with E-state index < -0.39 is 10.0 Å². The van der Waals surface area contributed by atoms with E-state index in [1.807, 2.05) is 6.92 Å². The molecule has 0 amide bonds. The first-order chi connectivity index (χ1) is 5.95. The van der Waals surface area contributed by atoms with Gasteiger partial charge in [0.05, 0.1) is 0 Å². The maximum Gasteiger partial charge on any atom is 0.257 e. The van der Waals surface area contributed by atoms with Gasteiger partial charge in [0.1, 0.15) is 5.82 Å². The summed E-state index contributed by atoms with van der Waals surface area (Å²) < 4.78 is 23.6. The Balaban J connectivity index is 3.09. The zero-order valence-corrected chi connectivity index (χ0v) is 8.50. The minimum Gasteiger partial charge on any atom is -0.334 e. The number of sulfonamides is 1. The minimum absolute atomic E-state index is 0.0570. The van der Waals surface area contributed by atoms with Crippen molar-refractivity contribution < 1.29 is 8.42 Å². The van der Waals surface area contributed by atoms with Crippen molar-refractivity contribution in [1.29, 1.82) is 0 Å². The predicted octanol–water partition coefficient (Wildman–Crippen LogP) is 0.249. The van der Waals surface area contributed by atoms with E-state index >= 15 is 0 Å². The number of nitrogens with two attached hydrogens (primary N) is 1. The highest BCUT2D eigenvalue weighted by atomic mass is 32.2. The normalized spacial score (nSPS) is 11.9. The molecule has 2 N–H and O–H groups in total. The van der Waals surface area contributed by atoms with Gasteiger partial charge in [0.2, 0.25) is 0 Å². The summed E-state index contributed by atoms with van der Waals surface area (Å²) in [6.07, 6.45) is 2.40. The van der Waals surface area contributed by atoms with Gasteiger partial charge in [-0.15, -0.1) is 0 Å². The fourth-order valence-corrected chi connectivity index (χ4v) is 1.62. The number of hydrogen-bond acceptors (Lipinski definition) is 3. The Kier molecular flexibility index (Phi) is 2.72. The van der Waals surface area contributed by atoms with E-state index in [4.69, 9.17) is 5.14 Å². The molecule has 13 heavy (non-hydrogen) atoms. The second-order valence-electron chi connectivity index (χ2n) is 2.86. The van der Waals surface area contributed by atoms with Gasteiger partial charge in [-0.05, 0) is 13.3 Å². The van der Waals surface area contributed by atoms with E-state index in [-0.39, 0.29) is 5.03 Å². The van der Waals surface area contributed by atoms with E-state index in [1.165, 1.54) is 6.20 Å². The molecule has 0 saturated carbocycles. The maximum absolute atomic E-state index is 10.9. The lowest BCUT2D eigenvalue weighted by Gasteiger charge is -1.99. The summed E-state index contributed by atoms with van der Waals surface area (Å²) in [5.74, 6) is 0.672. The summed E-state index contributed by atoms with van der Waals surface area (Å²) >= 11 is 0. The van der Waals surface area contributed by atoms with Crippen LogP contribution >= 0.6 is 0 Å². The number of aryl methyl sites for hydroxylation is 2. The highest BCUT2D eigenvalue weighted by Crippen LogP contribution is 2.07. The zero-order valence-electron chi connectivity index (χ0n) is 7.69. The molecule has 0 bridgehead atoms. The van der Waals surface area contributed by atoms with Crippen molar-refractivity contribution in [3.63, 3.8) is 0 Å². The number of primary sulfonamides is 1. The molecule has 0 radical (unpaired) electrons. The fourth-order valence-electron chi connectivity index (χ4n) is 1.08. The Labute approximate surface area is 77.6 Å². The number of rotatable bonds is 3. The van der Waals surface area contributed by atoms with Crippen LogP contribution in [0.5, 0.6) is 0 Å². The first-order valence-electron chi connectivity index (χ1n) is 4.01. The Bertz CT molecular complexity index is 394. The molecule has 0 unspecified atom stereocenters. The average Bonchev–Trinajstić information content (AvgIpc) is 2.32. The van der Waals surface area contributed by atoms with Gasteiger partial charge in [-0.2, -0.15) is 0 Å². The van der Waals surface area contributed by atoms with Crippen LogP contribution in [0.1, 0.15) is 19.2 Å². The zero-order chi connectivity index (χ0) is 10.1. The lowest BCUT2D eigenvalue weighted by molar-refractivity contribution is 0.594. The minimum atomic E-state index is -3.65. The molecule has 6 heteroatoms. The number of hydrogen-bond donors (Lipinski definition) is 1. The third kappa shape index (κ3) is 2.28. The largest absolute Gasteiger partial charge is 0.334 e. The van der Waals surface area contributed by atoms with Gasteiger partial charge >= 0.3 is 0 Å². The summed E-state index contributed by atoms with van der Waals surface area (Å²) in [7, 11) is -3.65. The van der Waals surface area contributed by atoms with Crippen LogP contribution < -0.4 is 5.14 Å². The van der Waals surface area contributed by atoms with Gasteiger partial charge in [0.15, 0.2) is 5.03 Å². The number of aromatic nitrogens is 2. The predicted molar refractivity (Wildman–Crippen MR) is 48.6 cm³/mol. The van der Waals surface area contributed by atoms with Crippen LogP contribution in [0.3, 0.4) is 0 Å². The lowest BCUT2D eigenvalue weighted by Crippen LogP contribution is -2.12. The molecule has 0 aromatic carbocycles. The third-order valence-electron chi connectivity index (χ3n) is 1.71. The molecule has 1 aromatic rings. The van der Waals surface area contributed by atoms with Crippen molar-refractivity contribution in [2.24, 2.45) is 5.14 Å². The number of nitrogens with zero attached hydrogens (tertiary/aromatic N) is 2. The van der Waals surface area contributed by atoms with Gasteiger partial charge in [-0.25, -0.2) is 18.5 Å². The van der Waals surface area contributed by atoms with E-state index in [9.17, 15) is 8.42 Å². The van der Waals surface area contributed by atoms with Crippen LogP contribution in [0.4, 0.5) is 0 Å². The van der Waals surface area contributed by atoms with E-state index in [1.54, 1.807) is 11.5 Å². The maximum atomic E-state index is 10.9. The summed E-state index contributed by atoms with van der Waals surface area (Å²) in [6.45, 7) is 4.52. The van der Waals surface area contributed by atoms with Gasteiger partial charge in [-0.1, -0.05) is 6.92 Å². The SMILES string of the molecule is CCCn1cc(S(N)(=O)=O)nc1C. The van der Waals surface area contributed by atoms with E-state index in [2.05, 4.69) is 4.98 Å². The highest BCUT2D eigenvalue weighted by Gasteiger charge is 2.13. The topological polar surface area (TPSA) is 78.0 Å². The van der Waals surface area contributed by atoms with Crippen molar-refractivity contribution in [3.05, 3.63) is 12.0 Å². The van der Waals surface area contributed by atoms with Crippen molar-refractivity contribution in [2.45, 2.75) is 31.8 Å². The summed E-state index contributed by atoms with van der Waals surface area (Å²) in [5, 5.41) is 4.87. The molecule has 1 aromatic heterocycles. The molecule has 0 atom stereocenters. The smallest absolute Gasteiger partial charge is 0.257 e. The average molecular weight is 203 g/mol. The Morgan fingerprint density at radius 1 is 1.62 bits per heavy atom. The molecule has 0 aliphatic rings. The van der Waals surface area contributed by atoms with Crippen LogP contribution in [-0.2, 0) is 16.6 Å². The van der Waals surface area contributed by atoms with Crippen molar-refractivity contribution in [2.75, 3.05) is 0 Å². The standard InChI is InChI=1S/C7H13N3O2S/c1-3-4-10-5-7(9-6(10)2)13(8,11)12/h5H,3-4H2,1-2H3,(H2,8,11,12). The van der Waals surface area contributed by atoms with Crippen LogP contribution in [0.15, 0.2) is 11.2 Å². The van der Waals surface area contributed by atoms with E-state index in [0.717, 1.165) is 13.0 Å². The number of imidazole rings is 1. The Morgan fingerprint density at radius 3 is 2.62 bits per heavy atom. The first kappa shape index (κ1) is 10.2. The molecule has 0 aliphatic carbocycles. The van der Waals surface area contributed by atoms with Gasteiger partial charge < -0.3 is 4.57 Å². The van der Waals surface area contributed by atoms with E-state index in [0.29, 0.717) is 5.82 Å². The molecule has 74 valence electrons. The molecular formula is C7H13N3O2S.